The van der Waals surface area contributed by atoms with E-state index in [0.717, 1.165) is 22.9 Å². The van der Waals surface area contributed by atoms with E-state index in [1.807, 2.05) is 0 Å². The van der Waals surface area contributed by atoms with Gasteiger partial charge in [-0.1, -0.05) is 0 Å². The molecule has 0 atom stereocenters. The Morgan fingerprint density at radius 3 is 2.50 bits per heavy atom. The van der Waals surface area contributed by atoms with Crippen LogP contribution in [0.1, 0.15) is 18.4 Å². The van der Waals surface area contributed by atoms with Crippen molar-refractivity contribution in [2.24, 2.45) is 5.41 Å². The predicted octanol–water partition coefficient (Wildman–Crippen LogP) is 2.59. The fraction of sp³-hybridized carbons (Fsp3) is 0.615. The van der Waals surface area contributed by atoms with Gasteiger partial charge in [-0.3, -0.25) is 4.79 Å². The van der Waals surface area contributed by atoms with Crippen molar-refractivity contribution in [3.8, 4) is 0 Å². The fourth-order valence-electron chi connectivity index (χ4n) is 2.35. The molecule has 3 nitrogen and oxygen atoms in total. The molecular formula is C13H16F3NO2S. The molecule has 0 saturated carbocycles. The third-order valence-electron chi connectivity index (χ3n) is 3.71. The van der Waals surface area contributed by atoms with E-state index in [0.29, 0.717) is 31.8 Å². The SMILES string of the molecule is O=c1ccc(C(F)(F)F)cn1CC1(CS)CCOCC1. The molecule has 1 saturated heterocycles. The van der Waals surface area contributed by atoms with E-state index in [1.54, 1.807) is 0 Å². The van der Waals surface area contributed by atoms with Gasteiger partial charge in [0, 0.05) is 37.4 Å². The second-order valence-electron chi connectivity index (χ2n) is 5.15. The summed E-state index contributed by atoms with van der Waals surface area (Å²) in [5.74, 6) is 0.513. The number of nitrogens with zero attached hydrogens (tertiary/aromatic N) is 1. The molecule has 0 amide bonds. The number of hydrogen-bond donors (Lipinski definition) is 1. The van der Waals surface area contributed by atoms with Gasteiger partial charge in [0.2, 0.25) is 0 Å². The molecule has 2 rings (SSSR count). The Hall–Kier alpha value is -0.950. The molecule has 0 unspecified atom stereocenters. The van der Waals surface area contributed by atoms with E-state index in [-0.39, 0.29) is 12.0 Å². The molecule has 1 aliphatic rings. The number of ether oxygens (including phenoxy) is 1. The smallest absolute Gasteiger partial charge is 0.381 e. The quantitative estimate of drug-likeness (QED) is 0.870. The first-order valence-corrected chi connectivity index (χ1v) is 6.96. The van der Waals surface area contributed by atoms with Gasteiger partial charge >= 0.3 is 6.18 Å². The standard InChI is InChI=1S/C13H16F3NO2S/c14-13(15,16)10-1-2-11(18)17(7-10)8-12(9-20)3-5-19-6-4-12/h1-2,7,20H,3-6,8-9H2. The van der Waals surface area contributed by atoms with Crippen molar-refractivity contribution in [3.05, 3.63) is 34.2 Å². The molecule has 0 aromatic carbocycles. The molecule has 0 spiro atoms. The van der Waals surface area contributed by atoms with Crippen LogP contribution in [0.3, 0.4) is 0 Å². The Morgan fingerprint density at radius 1 is 1.30 bits per heavy atom. The third-order valence-corrected chi connectivity index (χ3v) is 4.38. The summed E-state index contributed by atoms with van der Waals surface area (Å²) < 4.78 is 44.5. The van der Waals surface area contributed by atoms with Crippen LogP contribution in [0.2, 0.25) is 0 Å². The van der Waals surface area contributed by atoms with Crippen LogP contribution in [-0.2, 0) is 17.5 Å². The van der Waals surface area contributed by atoms with Crippen LogP contribution in [-0.4, -0.2) is 23.5 Å². The van der Waals surface area contributed by atoms with Gasteiger partial charge in [0.25, 0.3) is 5.56 Å². The van der Waals surface area contributed by atoms with Crippen LogP contribution in [0.25, 0.3) is 0 Å². The average Bonchev–Trinajstić information content (AvgIpc) is 2.41. The summed E-state index contributed by atoms with van der Waals surface area (Å²) in [5.41, 5.74) is -1.51. The second kappa shape index (κ2) is 5.81. The van der Waals surface area contributed by atoms with Gasteiger partial charge < -0.3 is 9.30 Å². The molecule has 0 radical (unpaired) electrons. The first-order valence-electron chi connectivity index (χ1n) is 6.33. The summed E-state index contributed by atoms with van der Waals surface area (Å²) >= 11 is 4.30. The van der Waals surface area contributed by atoms with Crippen molar-refractivity contribution in [3.63, 3.8) is 0 Å². The molecule has 20 heavy (non-hydrogen) atoms. The first kappa shape index (κ1) is 15.4. The zero-order chi connectivity index (χ0) is 14.8. The highest BCUT2D eigenvalue weighted by atomic mass is 32.1. The molecular weight excluding hydrogens is 291 g/mol. The molecule has 1 aliphatic heterocycles. The van der Waals surface area contributed by atoms with Gasteiger partial charge in [0.15, 0.2) is 0 Å². The maximum atomic E-state index is 12.7. The van der Waals surface area contributed by atoms with Crippen molar-refractivity contribution in [2.75, 3.05) is 19.0 Å². The van der Waals surface area contributed by atoms with Gasteiger partial charge in [0.05, 0.1) is 5.56 Å². The highest BCUT2D eigenvalue weighted by Gasteiger charge is 2.34. The summed E-state index contributed by atoms with van der Waals surface area (Å²) in [5, 5.41) is 0. The molecule has 1 fully saturated rings. The minimum atomic E-state index is -4.45. The van der Waals surface area contributed by atoms with Crippen molar-refractivity contribution >= 4 is 12.6 Å². The maximum absolute atomic E-state index is 12.7. The molecule has 1 aromatic heterocycles. The lowest BCUT2D eigenvalue weighted by atomic mass is 9.82. The lowest BCUT2D eigenvalue weighted by molar-refractivity contribution is -0.138. The summed E-state index contributed by atoms with van der Waals surface area (Å²) in [7, 11) is 0. The summed E-state index contributed by atoms with van der Waals surface area (Å²) in [6.07, 6.45) is -2.17. The number of rotatable bonds is 3. The van der Waals surface area contributed by atoms with Gasteiger partial charge in [-0.25, -0.2) is 0 Å². The minimum absolute atomic E-state index is 0.239. The van der Waals surface area contributed by atoms with Crippen molar-refractivity contribution in [2.45, 2.75) is 25.6 Å². The number of alkyl halides is 3. The number of halogens is 3. The van der Waals surface area contributed by atoms with E-state index in [9.17, 15) is 18.0 Å². The van der Waals surface area contributed by atoms with Crippen LogP contribution in [0.4, 0.5) is 13.2 Å². The highest BCUT2D eigenvalue weighted by molar-refractivity contribution is 7.80. The molecule has 1 aromatic rings. The maximum Gasteiger partial charge on any atom is 0.417 e. The Morgan fingerprint density at radius 2 is 1.95 bits per heavy atom. The minimum Gasteiger partial charge on any atom is -0.381 e. The van der Waals surface area contributed by atoms with Crippen LogP contribution >= 0.6 is 12.6 Å². The zero-order valence-electron chi connectivity index (χ0n) is 10.8. The molecule has 2 heterocycles. The monoisotopic (exact) mass is 307 g/mol. The van der Waals surface area contributed by atoms with Gasteiger partial charge in [0.1, 0.15) is 0 Å². The molecule has 112 valence electrons. The summed E-state index contributed by atoms with van der Waals surface area (Å²) in [4.78, 5) is 11.8. The van der Waals surface area contributed by atoms with E-state index >= 15 is 0 Å². The highest BCUT2D eigenvalue weighted by Crippen LogP contribution is 2.34. The first-order chi connectivity index (χ1) is 9.36. The van der Waals surface area contributed by atoms with Crippen molar-refractivity contribution in [1.29, 1.82) is 0 Å². The molecule has 0 bridgehead atoms. The predicted molar refractivity (Wildman–Crippen MR) is 72.0 cm³/mol. The Kier molecular flexibility index (Phi) is 4.49. The van der Waals surface area contributed by atoms with Gasteiger partial charge in [-0.2, -0.15) is 25.8 Å². The number of hydrogen-bond acceptors (Lipinski definition) is 3. The van der Waals surface area contributed by atoms with Crippen LogP contribution in [0.15, 0.2) is 23.1 Å². The topological polar surface area (TPSA) is 31.2 Å². The Bertz CT molecular complexity index is 521. The van der Waals surface area contributed by atoms with Gasteiger partial charge in [-0.15, -0.1) is 0 Å². The third kappa shape index (κ3) is 3.38. The second-order valence-corrected chi connectivity index (χ2v) is 5.47. The lowest BCUT2D eigenvalue weighted by Gasteiger charge is -2.36. The molecule has 0 N–H and O–H groups in total. The molecule has 0 aliphatic carbocycles. The van der Waals surface area contributed by atoms with E-state index in [2.05, 4.69) is 12.6 Å². The Balaban J connectivity index is 2.30. The largest absolute Gasteiger partial charge is 0.417 e. The summed E-state index contributed by atoms with van der Waals surface area (Å²) in [6.45, 7) is 1.34. The number of thiol groups is 1. The van der Waals surface area contributed by atoms with E-state index in [4.69, 9.17) is 4.74 Å². The zero-order valence-corrected chi connectivity index (χ0v) is 11.7. The fourth-order valence-corrected chi connectivity index (χ4v) is 2.77. The normalized spacial score (nSPS) is 19.0. The van der Waals surface area contributed by atoms with Crippen LogP contribution < -0.4 is 5.56 Å². The molecule has 7 heteroatoms. The van der Waals surface area contributed by atoms with Crippen molar-refractivity contribution in [1.82, 2.24) is 4.57 Å². The summed E-state index contributed by atoms with van der Waals surface area (Å²) in [6, 6.07) is 1.78. The van der Waals surface area contributed by atoms with Crippen molar-refractivity contribution < 1.29 is 17.9 Å². The van der Waals surface area contributed by atoms with E-state index < -0.39 is 17.3 Å². The van der Waals surface area contributed by atoms with Gasteiger partial charge in [-0.05, 0) is 24.7 Å². The lowest BCUT2D eigenvalue weighted by Crippen LogP contribution is -2.38. The van der Waals surface area contributed by atoms with Crippen LogP contribution in [0, 0.1) is 5.41 Å². The Labute approximate surface area is 120 Å². The number of pyridine rings is 1. The van der Waals surface area contributed by atoms with E-state index in [1.165, 1.54) is 0 Å². The average molecular weight is 307 g/mol. The number of aromatic nitrogens is 1. The van der Waals surface area contributed by atoms with Crippen LogP contribution in [0.5, 0.6) is 0 Å².